The van der Waals surface area contributed by atoms with Crippen molar-refractivity contribution in [3.8, 4) is 0 Å². The number of aromatic nitrogens is 4. The third-order valence-corrected chi connectivity index (χ3v) is 8.50. The molecule has 0 radical (unpaired) electrons. The molecule has 0 bridgehead atoms. The first-order valence-corrected chi connectivity index (χ1v) is 13.9. The van der Waals surface area contributed by atoms with Crippen molar-refractivity contribution in [3.63, 3.8) is 0 Å². The molecule has 0 spiro atoms. The van der Waals surface area contributed by atoms with E-state index in [0.717, 1.165) is 23.1 Å². The Morgan fingerprint density at radius 3 is 2.57 bits per heavy atom. The zero-order chi connectivity index (χ0) is 25.0. The number of amides is 1. The number of rotatable bonds is 8. The maximum absolute atomic E-state index is 13.8. The van der Waals surface area contributed by atoms with Crippen LogP contribution >= 0.6 is 34.7 Å². The molecule has 0 aliphatic rings. The number of nitrogens with zero attached hydrogens (tertiary/aromatic N) is 4. The van der Waals surface area contributed by atoms with Crippen LogP contribution < -0.4 is 5.32 Å². The third kappa shape index (κ3) is 6.20. The van der Waals surface area contributed by atoms with Gasteiger partial charge >= 0.3 is 0 Å². The van der Waals surface area contributed by atoms with Crippen LogP contribution in [0.25, 0.3) is 0 Å². The summed E-state index contributed by atoms with van der Waals surface area (Å²) in [7, 11) is -3.93. The van der Waals surface area contributed by atoms with E-state index >= 15 is 0 Å². The molecule has 0 saturated carbocycles. The molecular formula is C22H17ClFN5O3S3. The normalized spacial score (nSPS) is 11.4. The average molecular weight is 550 g/mol. The standard InChI is InChI=1S/C22H17ClFN5O3S3/c1-13-6-2-3-8-15(13)12-35(31,32)21-25-10-16(23)18(26-21)19(30)27-20-28-29-22(34-20)33-11-14-7-4-5-9-17(14)24/h2-10H,11-12H2,1H3,(H,27,28,30). The van der Waals surface area contributed by atoms with E-state index in [9.17, 15) is 17.6 Å². The number of thioether (sulfide) groups is 1. The summed E-state index contributed by atoms with van der Waals surface area (Å²) >= 11 is 8.42. The van der Waals surface area contributed by atoms with Crippen LogP contribution in [0.1, 0.15) is 27.2 Å². The van der Waals surface area contributed by atoms with Gasteiger partial charge in [0.1, 0.15) is 5.82 Å². The SMILES string of the molecule is Cc1ccccc1CS(=O)(=O)c1ncc(Cl)c(C(=O)Nc2nnc(SCc3ccccc3F)s2)n1. The van der Waals surface area contributed by atoms with Crippen molar-refractivity contribution < 1.29 is 17.6 Å². The van der Waals surface area contributed by atoms with Crippen molar-refractivity contribution in [2.24, 2.45) is 0 Å². The molecule has 13 heteroatoms. The van der Waals surface area contributed by atoms with E-state index in [4.69, 9.17) is 11.6 Å². The maximum Gasteiger partial charge on any atom is 0.277 e. The van der Waals surface area contributed by atoms with Gasteiger partial charge in [-0.1, -0.05) is 77.2 Å². The summed E-state index contributed by atoms with van der Waals surface area (Å²) in [5, 5.41) is 9.93. The summed E-state index contributed by atoms with van der Waals surface area (Å²) < 4.78 is 40.0. The van der Waals surface area contributed by atoms with Gasteiger partial charge in [0.25, 0.3) is 5.91 Å². The van der Waals surface area contributed by atoms with Gasteiger partial charge in [0.05, 0.1) is 17.0 Å². The molecule has 0 saturated heterocycles. The van der Waals surface area contributed by atoms with Crippen molar-refractivity contribution in [3.05, 3.63) is 88.0 Å². The predicted molar refractivity (Wildman–Crippen MR) is 133 cm³/mol. The van der Waals surface area contributed by atoms with Crippen molar-refractivity contribution in [1.82, 2.24) is 20.2 Å². The fraction of sp³-hybridized carbons (Fsp3) is 0.136. The molecule has 0 aliphatic carbocycles. The summed E-state index contributed by atoms with van der Waals surface area (Å²) in [5.41, 5.74) is 1.63. The molecule has 4 rings (SSSR count). The van der Waals surface area contributed by atoms with Crippen molar-refractivity contribution in [2.45, 2.75) is 27.9 Å². The monoisotopic (exact) mass is 549 g/mol. The van der Waals surface area contributed by atoms with Crippen LogP contribution in [0.5, 0.6) is 0 Å². The first-order valence-electron chi connectivity index (χ1n) is 10.0. The molecule has 0 atom stereocenters. The van der Waals surface area contributed by atoms with E-state index in [1.165, 1.54) is 17.8 Å². The van der Waals surface area contributed by atoms with Crippen LogP contribution in [0.3, 0.4) is 0 Å². The highest BCUT2D eigenvalue weighted by atomic mass is 35.5. The lowest BCUT2D eigenvalue weighted by Gasteiger charge is -2.08. The van der Waals surface area contributed by atoms with Gasteiger partial charge in [-0.05, 0) is 29.7 Å². The van der Waals surface area contributed by atoms with Gasteiger partial charge in [0.15, 0.2) is 10.0 Å². The highest BCUT2D eigenvalue weighted by molar-refractivity contribution is 8.00. The summed E-state index contributed by atoms with van der Waals surface area (Å²) in [6.07, 6.45) is 1.07. The van der Waals surface area contributed by atoms with Gasteiger partial charge in [-0.15, -0.1) is 10.2 Å². The Bertz CT molecular complexity index is 1500. The molecule has 0 aliphatic heterocycles. The number of sulfone groups is 1. The average Bonchev–Trinajstić information content (AvgIpc) is 3.27. The molecule has 35 heavy (non-hydrogen) atoms. The second kappa shape index (κ2) is 10.8. The molecule has 0 unspecified atom stereocenters. The van der Waals surface area contributed by atoms with Crippen molar-refractivity contribution >= 4 is 55.6 Å². The summed E-state index contributed by atoms with van der Waals surface area (Å²) in [6.45, 7) is 1.80. The second-order valence-corrected chi connectivity index (χ2v) is 11.7. The number of halogens is 2. The third-order valence-electron chi connectivity index (χ3n) is 4.76. The molecular weight excluding hydrogens is 533 g/mol. The summed E-state index contributed by atoms with van der Waals surface area (Å²) in [5.74, 6) is -1.05. The first-order chi connectivity index (χ1) is 16.7. The number of aryl methyl sites for hydroxylation is 1. The number of carbonyl (C=O) groups is 1. The topological polar surface area (TPSA) is 115 Å². The highest BCUT2D eigenvalue weighted by Gasteiger charge is 2.24. The van der Waals surface area contributed by atoms with Crippen LogP contribution in [0.15, 0.2) is 64.2 Å². The molecule has 4 aromatic rings. The number of hydrogen-bond acceptors (Lipinski definition) is 9. The minimum absolute atomic E-state index is 0.115. The van der Waals surface area contributed by atoms with Gasteiger partial charge in [-0.2, -0.15) is 0 Å². The molecule has 0 fully saturated rings. The lowest BCUT2D eigenvalue weighted by molar-refractivity contribution is 0.102. The predicted octanol–water partition coefficient (Wildman–Crippen LogP) is 4.95. The zero-order valence-electron chi connectivity index (χ0n) is 18.1. The zero-order valence-corrected chi connectivity index (χ0v) is 21.3. The van der Waals surface area contributed by atoms with Crippen LogP contribution in [0.2, 0.25) is 5.02 Å². The number of nitrogens with one attached hydrogen (secondary N) is 1. The minimum Gasteiger partial charge on any atom is -0.295 e. The fourth-order valence-corrected chi connectivity index (χ4v) is 6.15. The molecule has 1 amide bonds. The number of carbonyl (C=O) groups excluding carboxylic acids is 1. The van der Waals surface area contributed by atoms with Crippen LogP contribution in [0.4, 0.5) is 9.52 Å². The Hall–Kier alpha value is -2.93. The Morgan fingerprint density at radius 2 is 1.83 bits per heavy atom. The fourth-order valence-electron chi connectivity index (χ4n) is 2.93. The molecule has 2 aromatic carbocycles. The van der Waals surface area contributed by atoms with E-state index in [1.807, 2.05) is 6.07 Å². The minimum atomic E-state index is -3.93. The Kier molecular flexibility index (Phi) is 7.75. The number of hydrogen-bond donors (Lipinski definition) is 1. The Labute approximate surface area is 213 Å². The quantitative estimate of drug-likeness (QED) is 0.186. The second-order valence-electron chi connectivity index (χ2n) is 7.24. The first kappa shape index (κ1) is 25.2. The summed E-state index contributed by atoms with van der Waals surface area (Å²) in [4.78, 5) is 20.5. The van der Waals surface area contributed by atoms with Crippen LogP contribution in [0, 0.1) is 12.7 Å². The van der Waals surface area contributed by atoms with E-state index in [2.05, 4.69) is 25.5 Å². The molecule has 1 N–H and O–H groups in total. The van der Waals surface area contributed by atoms with Gasteiger partial charge in [-0.25, -0.2) is 22.8 Å². The molecule has 2 heterocycles. The van der Waals surface area contributed by atoms with Crippen LogP contribution in [-0.2, 0) is 21.3 Å². The Balaban J connectivity index is 1.47. The summed E-state index contributed by atoms with van der Waals surface area (Å²) in [6, 6.07) is 13.5. The van der Waals surface area contributed by atoms with E-state index in [0.29, 0.717) is 21.2 Å². The van der Waals surface area contributed by atoms with Gasteiger partial charge < -0.3 is 0 Å². The number of benzene rings is 2. The highest BCUT2D eigenvalue weighted by Crippen LogP contribution is 2.29. The van der Waals surface area contributed by atoms with Gasteiger partial charge in [-0.3, -0.25) is 10.1 Å². The lowest BCUT2D eigenvalue weighted by Crippen LogP contribution is -2.18. The van der Waals surface area contributed by atoms with E-state index in [-0.39, 0.29) is 27.4 Å². The van der Waals surface area contributed by atoms with Crippen LogP contribution in [-0.4, -0.2) is 34.5 Å². The largest absolute Gasteiger partial charge is 0.295 e. The van der Waals surface area contributed by atoms with Crippen molar-refractivity contribution in [2.75, 3.05) is 5.32 Å². The number of anilines is 1. The van der Waals surface area contributed by atoms with E-state index < -0.39 is 20.9 Å². The van der Waals surface area contributed by atoms with Gasteiger partial charge in [0, 0.05) is 5.75 Å². The van der Waals surface area contributed by atoms with Gasteiger partial charge in [0.2, 0.25) is 20.1 Å². The molecule has 2 aromatic heterocycles. The van der Waals surface area contributed by atoms with E-state index in [1.54, 1.807) is 43.3 Å². The maximum atomic E-state index is 13.8. The molecule has 8 nitrogen and oxygen atoms in total. The smallest absolute Gasteiger partial charge is 0.277 e. The lowest BCUT2D eigenvalue weighted by atomic mass is 10.1. The van der Waals surface area contributed by atoms with Crippen molar-refractivity contribution in [1.29, 1.82) is 0 Å². The molecule has 180 valence electrons. The Morgan fingerprint density at radius 1 is 1.11 bits per heavy atom.